The smallest absolute Gasteiger partial charge is 0.178 e. The lowest BCUT2D eigenvalue weighted by molar-refractivity contribution is 0.599. The molecular formula is C12H15N3O2S. The van der Waals surface area contributed by atoms with Gasteiger partial charge < -0.3 is 5.73 Å². The average molecular weight is 265 g/mol. The Balaban J connectivity index is 2.03. The summed E-state index contributed by atoms with van der Waals surface area (Å²) in [6.45, 7) is 0.638. The van der Waals surface area contributed by atoms with Crippen LogP contribution in [0, 0.1) is 0 Å². The average Bonchev–Trinajstić information content (AvgIpc) is 2.77. The molecule has 0 aliphatic rings. The first-order valence-corrected chi connectivity index (χ1v) is 7.41. The highest BCUT2D eigenvalue weighted by Gasteiger charge is 2.09. The van der Waals surface area contributed by atoms with Gasteiger partial charge in [0.25, 0.3) is 0 Å². The minimum atomic E-state index is -3.17. The molecule has 1 aromatic carbocycles. The number of aromatic nitrogens is 2. The van der Waals surface area contributed by atoms with Crippen LogP contribution in [-0.4, -0.2) is 24.5 Å². The summed E-state index contributed by atoms with van der Waals surface area (Å²) < 4.78 is 24.2. The molecule has 18 heavy (non-hydrogen) atoms. The van der Waals surface area contributed by atoms with E-state index in [0.29, 0.717) is 6.54 Å². The number of nitrogens with zero attached hydrogens (tertiary/aromatic N) is 2. The zero-order valence-corrected chi connectivity index (χ0v) is 10.9. The Hall–Kier alpha value is -1.82. The molecule has 0 saturated heterocycles. The summed E-state index contributed by atoms with van der Waals surface area (Å²) in [5.41, 5.74) is 7.47. The van der Waals surface area contributed by atoms with E-state index < -0.39 is 9.84 Å². The van der Waals surface area contributed by atoms with Crippen molar-refractivity contribution in [2.75, 3.05) is 12.0 Å². The van der Waals surface area contributed by atoms with Crippen molar-refractivity contribution in [2.45, 2.75) is 17.9 Å². The highest BCUT2D eigenvalue weighted by atomic mass is 32.2. The number of sulfone groups is 1. The van der Waals surface area contributed by atoms with Crippen LogP contribution in [-0.2, 0) is 22.8 Å². The molecule has 2 N–H and O–H groups in total. The largest absolute Gasteiger partial charge is 0.399 e. The first-order chi connectivity index (χ1) is 8.45. The summed E-state index contributed by atoms with van der Waals surface area (Å²) in [5.74, 6) is 0. The van der Waals surface area contributed by atoms with Gasteiger partial charge in [0.15, 0.2) is 9.84 Å². The Labute approximate surface area is 106 Å². The first-order valence-electron chi connectivity index (χ1n) is 5.52. The zero-order valence-electron chi connectivity index (χ0n) is 10.1. The SMILES string of the molecule is CS(=O)(=O)c1cnn(CCc2ccc(N)cc2)c1. The van der Waals surface area contributed by atoms with E-state index in [0.717, 1.165) is 17.7 Å². The molecule has 2 rings (SSSR count). The monoisotopic (exact) mass is 265 g/mol. The fraction of sp³-hybridized carbons (Fsp3) is 0.250. The van der Waals surface area contributed by atoms with E-state index in [4.69, 9.17) is 5.73 Å². The highest BCUT2D eigenvalue weighted by molar-refractivity contribution is 7.90. The van der Waals surface area contributed by atoms with Gasteiger partial charge in [-0.2, -0.15) is 5.10 Å². The van der Waals surface area contributed by atoms with Crippen LogP contribution >= 0.6 is 0 Å². The second-order valence-electron chi connectivity index (χ2n) is 4.20. The standard InChI is InChI=1S/C12H15N3O2S/c1-18(16,17)12-8-14-15(9-12)7-6-10-2-4-11(13)5-3-10/h2-5,8-9H,6-7,13H2,1H3. The van der Waals surface area contributed by atoms with Gasteiger partial charge >= 0.3 is 0 Å². The van der Waals surface area contributed by atoms with Gasteiger partial charge in [-0.25, -0.2) is 8.42 Å². The second kappa shape index (κ2) is 4.81. The van der Waals surface area contributed by atoms with Crippen LogP contribution in [0.3, 0.4) is 0 Å². The maximum atomic E-state index is 11.3. The van der Waals surface area contributed by atoms with Gasteiger partial charge in [-0.1, -0.05) is 12.1 Å². The zero-order chi connectivity index (χ0) is 13.2. The molecule has 1 heterocycles. The van der Waals surface area contributed by atoms with Gasteiger partial charge in [-0.15, -0.1) is 0 Å². The minimum absolute atomic E-state index is 0.250. The summed E-state index contributed by atoms with van der Waals surface area (Å²) in [6.07, 6.45) is 4.88. The van der Waals surface area contributed by atoms with Crippen LogP contribution in [0.1, 0.15) is 5.56 Å². The summed E-state index contributed by atoms with van der Waals surface area (Å²) >= 11 is 0. The Morgan fingerprint density at radius 1 is 1.28 bits per heavy atom. The van der Waals surface area contributed by atoms with Gasteiger partial charge in [-0.05, 0) is 24.1 Å². The van der Waals surface area contributed by atoms with Crippen LogP contribution < -0.4 is 5.73 Å². The van der Waals surface area contributed by atoms with E-state index in [-0.39, 0.29) is 4.90 Å². The molecule has 0 atom stereocenters. The van der Waals surface area contributed by atoms with E-state index in [9.17, 15) is 8.42 Å². The molecule has 96 valence electrons. The van der Waals surface area contributed by atoms with Gasteiger partial charge in [0, 0.05) is 24.7 Å². The topological polar surface area (TPSA) is 78.0 Å². The van der Waals surface area contributed by atoms with Crippen molar-refractivity contribution in [3.8, 4) is 0 Å². The van der Waals surface area contributed by atoms with E-state index >= 15 is 0 Å². The molecule has 0 unspecified atom stereocenters. The number of nitrogens with two attached hydrogens (primary N) is 1. The quantitative estimate of drug-likeness (QED) is 0.840. The number of rotatable bonds is 4. The van der Waals surface area contributed by atoms with Crippen LogP contribution in [0.2, 0.25) is 0 Å². The number of anilines is 1. The molecule has 0 fully saturated rings. The number of benzene rings is 1. The highest BCUT2D eigenvalue weighted by Crippen LogP contribution is 2.09. The van der Waals surface area contributed by atoms with Crippen LogP contribution in [0.4, 0.5) is 5.69 Å². The molecule has 2 aromatic rings. The van der Waals surface area contributed by atoms with Gasteiger partial charge in [0.1, 0.15) is 4.90 Å². The number of nitrogen functional groups attached to an aromatic ring is 1. The minimum Gasteiger partial charge on any atom is -0.399 e. The van der Waals surface area contributed by atoms with E-state index in [2.05, 4.69) is 5.10 Å². The van der Waals surface area contributed by atoms with Crippen molar-refractivity contribution >= 4 is 15.5 Å². The van der Waals surface area contributed by atoms with Gasteiger partial charge in [0.05, 0.1) is 6.20 Å². The number of aryl methyl sites for hydroxylation is 2. The van der Waals surface area contributed by atoms with E-state index in [1.165, 1.54) is 12.5 Å². The summed E-state index contributed by atoms with van der Waals surface area (Å²) in [4.78, 5) is 0.250. The fourth-order valence-electron chi connectivity index (χ4n) is 1.59. The summed E-state index contributed by atoms with van der Waals surface area (Å²) in [7, 11) is -3.17. The predicted molar refractivity (Wildman–Crippen MR) is 69.9 cm³/mol. The Kier molecular flexibility index (Phi) is 3.38. The Morgan fingerprint density at radius 3 is 2.50 bits per heavy atom. The predicted octanol–water partition coefficient (Wildman–Crippen LogP) is 1.11. The Bertz CT molecular complexity index is 630. The lowest BCUT2D eigenvalue weighted by atomic mass is 10.1. The normalized spacial score (nSPS) is 11.6. The number of hydrogen-bond donors (Lipinski definition) is 1. The molecular weight excluding hydrogens is 250 g/mol. The third-order valence-corrected chi connectivity index (χ3v) is 3.71. The third-order valence-electron chi connectivity index (χ3n) is 2.65. The molecule has 0 radical (unpaired) electrons. The van der Waals surface area contributed by atoms with Gasteiger partial charge in [0.2, 0.25) is 0 Å². The van der Waals surface area contributed by atoms with E-state index in [1.807, 2.05) is 24.3 Å². The maximum Gasteiger partial charge on any atom is 0.178 e. The molecule has 6 heteroatoms. The molecule has 0 amide bonds. The molecule has 1 aromatic heterocycles. The van der Waals surface area contributed by atoms with Crippen molar-refractivity contribution in [3.05, 3.63) is 42.2 Å². The van der Waals surface area contributed by atoms with Crippen molar-refractivity contribution < 1.29 is 8.42 Å². The summed E-state index contributed by atoms with van der Waals surface area (Å²) in [5, 5.41) is 4.03. The molecule has 0 saturated carbocycles. The van der Waals surface area contributed by atoms with Crippen LogP contribution in [0.25, 0.3) is 0 Å². The fourth-order valence-corrected chi connectivity index (χ4v) is 2.14. The number of hydrogen-bond acceptors (Lipinski definition) is 4. The van der Waals surface area contributed by atoms with E-state index in [1.54, 1.807) is 10.9 Å². The van der Waals surface area contributed by atoms with Crippen LogP contribution in [0.15, 0.2) is 41.6 Å². The Morgan fingerprint density at radius 2 is 1.94 bits per heavy atom. The molecule has 0 spiro atoms. The molecule has 5 nitrogen and oxygen atoms in total. The van der Waals surface area contributed by atoms with Crippen molar-refractivity contribution in [3.63, 3.8) is 0 Å². The van der Waals surface area contributed by atoms with Crippen molar-refractivity contribution in [1.82, 2.24) is 9.78 Å². The molecule has 0 bridgehead atoms. The maximum absolute atomic E-state index is 11.3. The molecule has 0 aliphatic carbocycles. The van der Waals surface area contributed by atoms with Gasteiger partial charge in [-0.3, -0.25) is 4.68 Å². The molecule has 0 aliphatic heterocycles. The lowest BCUT2D eigenvalue weighted by Crippen LogP contribution is -2.02. The lowest BCUT2D eigenvalue weighted by Gasteiger charge is -2.02. The summed E-state index contributed by atoms with van der Waals surface area (Å²) in [6, 6.07) is 7.60. The van der Waals surface area contributed by atoms with Crippen LogP contribution in [0.5, 0.6) is 0 Å². The third kappa shape index (κ3) is 3.10. The van der Waals surface area contributed by atoms with Crippen molar-refractivity contribution in [1.29, 1.82) is 0 Å². The first kappa shape index (κ1) is 12.6. The van der Waals surface area contributed by atoms with Crippen molar-refractivity contribution in [2.24, 2.45) is 0 Å². The second-order valence-corrected chi connectivity index (χ2v) is 6.22.